The maximum absolute atomic E-state index is 4.03. The molecule has 6 heteroatoms. The van der Waals surface area contributed by atoms with Crippen LogP contribution in [0, 0.1) is 0 Å². The summed E-state index contributed by atoms with van der Waals surface area (Å²) >= 11 is 0. The van der Waals surface area contributed by atoms with Gasteiger partial charge in [0.15, 0.2) is 0 Å². The number of nitrogens with one attached hydrogen (secondary N) is 2. The fourth-order valence-electron chi connectivity index (χ4n) is 1.76. The van der Waals surface area contributed by atoms with Crippen LogP contribution < -0.4 is 0 Å². The van der Waals surface area contributed by atoms with E-state index in [4.69, 9.17) is 0 Å². The van der Waals surface area contributed by atoms with Crippen molar-refractivity contribution < 1.29 is 0 Å². The molecule has 2 N–H and O–H groups in total. The summed E-state index contributed by atoms with van der Waals surface area (Å²) in [6.07, 6.45) is 4.29. The van der Waals surface area contributed by atoms with Crippen molar-refractivity contribution in [3.8, 4) is 11.3 Å². The topological polar surface area (TPSA) is 83.1 Å². The number of nitrogens with zero attached hydrogens (tertiary/aromatic N) is 4. The van der Waals surface area contributed by atoms with Crippen molar-refractivity contribution in [2.24, 2.45) is 0 Å². The fraction of sp³-hybridized carbons (Fsp3) is 0.0909. The second-order valence-corrected chi connectivity index (χ2v) is 3.66. The zero-order valence-corrected chi connectivity index (χ0v) is 8.96. The molecule has 17 heavy (non-hydrogen) atoms. The highest BCUT2D eigenvalue weighted by atomic mass is 15.3. The standard InChI is InChI=1S/C11H10N6/c1-2-4-10(11-7-13-17-15-11)8(3-1)5-9-6-12-16-14-9/h1-4,6-7H,5H2,(H,12,14,16)(H,13,15,17). The van der Waals surface area contributed by atoms with Crippen molar-refractivity contribution in [3.63, 3.8) is 0 Å². The number of H-pyrrole nitrogens is 2. The van der Waals surface area contributed by atoms with Gasteiger partial charge in [0.05, 0.1) is 5.69 Å². The van der Waals surface area contributed by atoms with Crippen LogP contribution in [0.15, 0.2) is 36.7 Å². The Morgan fingerprint density at radius 3 is 2.53 bits per heavy atom. The molecule has 0 aliphatic rings. The van der Waals surface area contributed by atoms with Crippen LogP contribution in [0.3, 0.4) is 0 Å². The van der Waals surface area contributed by atoms with E-state index in [1.54, 1.807) is 12.4 Å². The van der Waals surface area contributed by atoms with Gasteiger partial charge < -0.3 is 0 Å². The number of hydrogen-bond donors (Lipinski definition) is 2. The van der Waals surface area contributed by atoms with Crippen LogP contribution in [0.25, 0.3) is 11.3 Å². The Morgan fingerprint density at radius 2 is 1.76 bits per heavy atom. The van der Waals surface area contributed by atoms with Crippen molar-refractivity contribution in [2.45, 2.75) is 6.42 Å². The SMILES string of the molecule is c1ccc(-c2c[nH]nn2)c(Cc2c[nH]nn2)c1. The molecular formula is C11H10N6. The lowest BCUT2D eigenvalue weighted by molar-refractivity contribution is 0.915. The molecule has 0 bridgehead atoms. The first kappa shape index (κ1) is 9.71. The van der Waals surface area contributed by atoms with Crippen LogP contribution in [0.2, 0.25) is 0 Å². The van der Waals surface area contributed by atoms with Crippen molar-refractivity contribution in [1.82, 2.24) is 30.8 Å². The Kier molecular flexibility index (Phi) is 2.38. The maximum Gasteiger partial charge on any atom is 0.113 e. The quantitative estimate of drug-likeness (QED) is 0.702. The van der Waals surface area contributed by atoms with E-state index in [1.807, 2.05) is 18.2 Å². The first-order valence-corrected chi connectivity index (χ1v) is 5.23. The minimum absolute atomic E-state index is 0.722. The molecule has 2 heterocycles. The number of hydrogen-bond acceptors (Lipinski definition) is 4. The predicted molar refractivity (Wildman–Crippen MR) is 61.0 cm³/mol. The Morgan fingerprint density at radius 1 is 0.941 bits per heavy atom. The third kappa shape index (κ3) is 1.92. The number of aromatic nitrogens is 6. The van der Waals surface area contributed by atoms with Gasteiger partial charge in [-0.1, -0.05) is 34.7 Å². The van der Waals surface area contributed by atoms with Gasteiger partial charge in [-0.15, -0.1) is 10.2 Å². The molecule has 0 saturated heterocycles. The molecule has 3 rings (SSSR count). The third-order valence-electron chi connectivity index (χ3n) is 2.55. The van der Waals surface area contributed by atoms with Gasteiger partial charge in [-0.05, 0) is 5.56 Å². The van der Waals surface area contributed by atoms with Gasteiger partial charge in [0.2, 0.25) is 0 Å². The van der Waals surface area contributed by atoms with Crippen LogP contribution in [0.1, 0.15) is 11.3 Å². The molecule has 6 nitrogen and oxygen atoms in total. The van der Waals surface area contributed by atoms with Gasteiger partial charge in [0.1, 0.15) is 5.69 Å². The lowest BCUT2D eigenvalue weighted by Crippen LogP contribution is -1.92. The van der Waals surface area contributed by atoms with Crippen molar-refractivity contribution in [3.05, 3.63) is 47.9 Å². The van der Waals surface area contributed by atoms with Gasteiger partial charge in [-0.3, -0.25) is 10.2 Å². The van der Waals surface area contributed by atoms with Crippen LogP contribution >= 0.6 is 0 Å². The second kappa shape index (κ2) is 4.17. The van der Waals surface area contributed by atoms with E-state index in [1.165, 1.54) is 0 Å². The lowest BCUT2D eigenvalue weighted by Gasteiger charge is -2.04. The molecule has 0 saturated carbocycles. The molecule has 0 fully saturated rings. The summed E-state index contributed by atoms with van der Waals surface area (Å²) in [7, 11) is 0. The Bertz CT molecular complexity index is 584. The smallest absolute Gasteiger partial charge is 0.113 e. The highest BCUT2D eigenvalue weighted by molar-refractivity contribution is 5.62. The first-order chi connectivity index (χ1) is 8.43. The molecule has 0 amide bonds. The fourth-order valence-corrected chi connectivity index (χ4v) is 1.76. The normalized spacial score (nSPS) is 10.6. The highest BCUT2D eigenvalue weighted by Gasteiger charge is 2.08. The van der Waals surface area contributed by atoms with Gasteiger partial charge in [0, 0.05) is 24.4 Å². The summed E-state index contributed by atoms with van der Waals surface area (Å²) in [6.45, 7) is 0. The molecule has 0 atom stereocenters. The summed E-state index contributed by atoms with van der Waals surface area (Å²) in [4.78, 5) is 0. The second-order valence-electron chi connectivity index (χ2n) is 3.66. The third-order valence-corrected chi connectivity index (χ3v) is 2.55. The highest BCUT2D eigenvalue weighted by Crippen LogP contribution is 2.22. The van der Waals surface area contributed by atoms with Crippen LogP contribution in [-0.4, -0.2) is 30.8 Å². The van der Waals surface area contributed by atoms with Gasteiger partial charge in [-0.2, -0.15) is 0 Å². The van der Waals surface area contributed by atoms with Crippen LogP contribution in [0.4, 0.5) is 0 Å². The van der Waals surface area contributed by atoms with E-state index in [0.29, 0.717) is 0 Å². The zero-order valence-electron chi connectivity index (χ0n) is 8.96. The average molecular weight is 226 g/mol. The maximum atomic E-state index is 4.03. The minimum Gasteiger partial charge on any atom is -0.265 e. The molecule has 0 spiro atoms. The molecule has 2 aromatic heterocycles. The molecule has 0 radical (unpaired) electrons. The Balaban J connectivity index is 1.99. The molecule has 3 aromatic rings. The molecule has 0 aliphatic heterocycles. The zero-order chi connectivity index (χ0) is 11.5. The van der Waals surface area contributed by atoms with E-state index in [-0.39, 0.29) is 0 Å². The van der Waals surface area contributed by atoms with Crippen LogP contribution in [0.5, 0.6) is 0 Å². The number of rotatable bonds is 3. The first-order valence-electron chi connectivity index (χ1n) is 5.23. The minimum atomic E-state index is 0.722. The van der Waals surface area contributed by atoms with Crippen molar-refractivity contribution in [1.29, 1.82) is 0 Å². The van der Waals surface area contributed by atoms with Crippen molar-refractivity contribution >= 4 is 0 Å². The summed E-state index contributed by atoms with van der Waals surface area (Å²) in [6, 6.07) is 8.06. The molecule has 84 valence electrons. The number of aromatic amines is 2. The van der Waals surface area contributed by atoms with E-state index in [0.717, 1.165) is 28.9 Å². The predicted octanol–water partition coefficient (Wildman–Crippen LogP) is 1.18. The molecular weight excluding hydrogens is 216 g/mol. The van der Waals surface area contributed by atoms with E-state index in [2.05, 4.69) is 36.9 Å². The summed E-state index contributed by atoms with van der Waals surface area (Å²) in [5.74, 6) is 0. The molecule has 1 aromatic carbocycles. The summed E-state index contributed by atoms with van der Waals surface area (Å²) in [5.41, 5.74) is 3.95. The largest absolute Gasteiger partial charge is 0.265 e. The van der Waals surface area contributed by atoms with Crippen LogP contribution in [-0.2, 0) is 6.42 Å². The van der Waals surface area contributed by atoms with Crippen molar-refractivity contribution in [2.75, 3.05) is 0 Å². The van der Waals surface area contributed by atoms with Gasteiger partial charge in [0.25, 0.3) is 0 Å². The monoisotopic (exact) mass is 226 g/mol. The Hall–Kier alpha value is -2.50. The Labute approximate surface area is 97.1 Å². The van der Waals surface area contributed by atoms with E-state index >= 15 is 0 Å². The average Bonchev–Trinajstić information content (AvgIpc) is 3.01. The number of benzene rings is 1. The van der Waals surface area contributed by atoms with Gasteiger partial charge >= 0.3 is 0 Å². The summed E-state index contributed by atoms with van der Waals surface area (Å²) in [5, 5.41) is 20.9. The summed E-state index contributed by atoms with van der Waals surface area (Å²) < 4.78 is 0. The molecule has 0 unspecified atom stereocenters. The van der Waals surface area contributed by atoms with Gasteiger partial charge in [-0.25, -0.2) is 0 Å². The molecule has 0 aliphatic carbocycles. The lowest BCUT2D eigenvalue weighted by atomic mass is 10.0. The van der Waals surface area contributed by atoms with E-state index < -0.39 is 0 Å². The van der Waals surface area contributed by atoms with E-state index in [9.17, 15) is 0 Å².